The molecule has 0 saturated carbocycles. The maximum atomic E-state index is 13.2. The molecule has 2 aromatic rings. The van der Waals surface area contributed by atoms with Gasteiger partial charge in [0.15, 0.2) is 0 Å². The molecule has 0 saturated heterocycles. The quantitative estimate of drug-likeness (QED) is 0.647. The van der Waals surface area contributed by atoms with E-state index in [1.165, 1.54) is 12.1 Å². The van der Waals surface area contributed by atoms with Gasteiger partial charge in [-0.1, -0.05) is 32.0 Å². The van der Waals surface area contributed by atoms with E-state index in [-0.39, 0.29) is 5.82 Å². The van der Waals surface area contributed by atoms with Gasteiger partial charge in [0, 0.05) is 12.2 Å². The summed E-state index contributed by atoms with van der Waals surface area (Å²) in [6.45, 7) is 7.17. The molecule has 0 spiro atoms. The third kappa shape index (κ3) is 5.38. The minimum absolute atomic E-state index is 0.303. The molecule has 0 fully saturated rings. The van der Waals surface area contributed by atoms with Crippen molar-refractivity contribution in [3.8, 4) is 11.5 Å². The number of benzene rings is 1. The number of nitrogens with one attached hydrogen (secondary N) is 2. The first-order valence-corrected chi connectivity index (χ1v) is 10.0. The molecule has 0 aliphatic rings. The van der Waals surface area contributed by atoms with Crippen LogP contribution in [0.4, 0.5) is 21.8 Å². The third-order valence-corrected chi connectivity index (χ3v) is 3.48. The van der Waals surface area contributed by atoms with Gasteiger partial charge in [0.2, 0.25) is 5.95 Å². The summed E-state index contributed by atoms with van der Waals surface area (Å²) < 4.78 is 13.2. The Hall–Kier alpha value is -2.39. The fourth-order valence-corrected chi connectivity index (χ4v) is 2.18. The van der Waals surface area contributed by atoms with Crippen LogP contribution in [-0.4, -0.2) is 25.3 Å². The van der Waals surface area contributed by atoms with Crippen LogP contribution < -0.4 is 10.6 Å². The molecule has 1 radical (unpaired) electrons. The molecule has 0 aliphatic heterocycles. The summed E-state index contributed by atoms with van der Waals surface area (Å²) in [6, 6.07) is 6.20. The van der Waals surface area contributed by atoms with Gasteiger partial charge in [-0.2, -0.15) is 4.98 Å². The summed E-state index contributed by atoms with van der Waals surface area (Å²) in [6.07, 6.45) is 2.69. The van der Waals surface area contributed by atoms with Crippen molar-refractivity contribution in [2.45, 2.75) is 26.4 Å². The minimum atomic E-state index is -0.633. The van der Waals surface area contributed by atoms with Crippen molar-refractivity contribution < 1.29 is 4.39 Å². The van der Waals surface area contributed by atoms with Crippen molar-refractivity contribution >= 4 is 26.3 Å². The highest BCUT2D eigenvalue weighted by molar-refractivity contribution is 6.64. The second kappa shape index (κ2) is 8.29. The molecule has 1 aromatic carbocycles. The maximum Gasteiger partial charge on any atom is 0.229 e. The van der Waals surface area contributed by atoms with E-state index >= 15 is 0 Å². The molecule has 2 rings (SSSR count). The first-order valence-electron chi connectivity index (χ1n) is 7.54. The van der Waals surface area contributed by atoms with E-state index in [9.17, 15) is 4.39 Å². The van der Waals surface area contributed by atoms with Gasteiger partial charge in [-0.05, 0) is 24.6 Å². The number of nitrogens with zero attached hydrogens (tertiary/aromatic N) is 2. The van der Waals surface area contributed by atoms with Gasteiger partial charge in [0.25, 0.3) is 0 Å². The predicted octanol–water partition coefficient (Wildman–Crippen LogP) is 3.83. The van der Waals surface area contributed by atoms with Crippen molar-refractivity contribution in [2.75, 3.05) is 17.2 Å². The summed E-state index contributed by atoms with van der Waals surface area (Å²) in [4.78, 5) is 8.74. The highest BCUT2D eigenvalue weighted by Crippen LogP contribution is 2.17. The summed E-state index contributed by atoms with van der Waals surface area (Å²) in [5.41, 5.74) is 4.61. The van der Waals surface area contributed by atoms with Crippen LogP contribution in [0.5, 0.6) is 0 Å². The second-order valence-electron chi connectivity index (χ2n) is 5.27. The number of hydrogen-bond donors (Lipinski definition) is 2. The fourth-order valence-electron chi connectivity index (χ4n) is 1.80. The molecule has 4 nitrogen and oxygen atoms in total. The van der Waals surface area contributed by atoms with Crippen molar-refractivity contribution in [1.29, 1.82) is 0 Å². The average molecular weight is 327 g/mol. The Bertz CT molecular complexity index is 722. The zero-order chi connectivity index (χ0) is 16.7. The molecular formula is C17H20FN4Si. The molecule has 0 unspecified atom stereocenters. The number of aromatic nitrogens is 2. The largest absolute Gasteiger partial charge is 0.369 e. The zero-order valence-corrected chi connectivity index (χ0v) is 14.6. The van der Waals surface area contributed by atoms with E-state index in [0.29, 0.717) is 17.5 Å². The summed E-state index contributed by atoms with van der Waals surface area (Å²) in [5.74, 6) is 3.96. The van der Waals surface area contributed by atoms with Gasteiger partial charge in [-0.15, -0.1) is 5.54 Å². The summed E-state index contributed by atoms with van der Waals surface area (Å²) in [7, 11) is -0.633. The van der Waals surface area contributed by atoms with Crippen molar-refractivity contribution in [1.82, 2.24) is 9.97 Å². The molecule has 1 heterocycles. The normalized spacial score (nSPS) is 10.1. The van der Waals surface area contributed by atoms with E-state index in [1.807, 2.05) is 0 Å². The first kappa shape index (κ1) is 17.0. The van der Waals surface area contributed by atoms with Crippen LogP contribution in [0.1, 0.15) is 18.9 Å². The van der Waals surface area contributed by atoms with E-state index in [2.05, 4.69) is 52.1 Å². The molecule has 2 N–H and O–H groups in total. The fraction of sp³-hybridized carbons (Fsp3) is 0.294. The lowest BCUT2D eigenvalue weighted by Crippen LogP contribution is -2.07. The van der Waals surface area contributed by atoms with Gasteiger partial charge in [-0.3, -0.25) is 0 Å². The van der Waals surface area contributed by atoms with Crippen molar-refractivity contribution in [3.63, 3.8) is 0 Å². The predicted molar refractivity (Wildman–Crippen MR) is 94.9 cm³/mol. The van der Waals surface area contributed by atoms with E-state index in [1.54, 1.807) is 18.3 Å². The van der Waals surface area contributed by atoms with E-state index in [4.69, 9.17) is 0 Å². The van der Waals surface area contributed by atoms with Crippen molar-refractivity contribution in [2.24, 2.45) is 0 Å². The van der Waals surface area contributed by atoms with E-state index in [0.717, 1.165) is 18.5 Å². The smallest absolute Gasteiger partial charge is 0.229 e. The molecule has 23 heavy (non-hydrogen) atoms. The number of hydrogen-bond acceptors (Lipinski definition) is 4. The molecule has 0 aliphatic carbocycles. The Morgan fingerprint density at radius 1 is 1.30 bits per heavy atom. The lowest BCUT2D eigenvalue weighted by molar-refractivity contribution is 0.628. The highest BCUT2D eigenvalue weighted by atomic mass is 28.3. The monoisotopic (exact) mass is 327 g/mol. The third-order valence-electron chi connectivity index (χ3n) is 2.86. The zero-order valence-electron chi connectivity index (χ0n) is 13.6. The maximum absolute atomic E-state index is 13.2. The van der Waals surface area contributed by atoms with Crippen LogP contribution >= 0.6 is 0 Å². The SMILES string of the molecule is CCCNc1nc(Nc2cccc(F)c2)ncc1C#C[Si](C)C. The lowest BCUT2D eigenvalue weighted by Gasteiger charge is -2.10. The highest BCUT2D eigenvalue weighted by Gasteiger charge is 2.06. The van der Waals surface area contributed by atoms with Gasteiger partial charge < -0.3 is 10.6 Å². The molecule has 0 amide bonds. The van der Waals surface area contributed by atoms with Gasteiger partial charge in [0.05, 0.1) is 11.8 Å². The first-order chi connectivity index (χ1) is 11.1. The van der Waals surface area contributed by atoms with Crippen LogP contribution in [0.25, 0.3) is 0 Å². The van der Waals surface area contributed by atoms with Crippen LogP contribution in [0.2, 0.25) is 13.1 Å². The average Bonchev–Trinajstić information content (AvgIpc) is 2.52. The van der Waals surface area contributed by atoms with Crippen LogP contribution in [0.3, 0.4) is 0 Å². The number of halogens is 1. The molecular weight excluding hydrogens is 307 g/mol. The Labute approximate surface area is 138 Å². The Morgan fingerprint density at radius 3 is 2.83 bits per heavy atom. The van der Waals surface area contributed by atoms with Gasteiger partial charge >= 0.3 is 0 Å². The molecule has 119 valence electrons. The van der Waals surface area contributed by atoms with Crippen LogP contribution in [0, 0.1) is 17.3 Å². The molecule has 0 atom stereocenters. The number of rotatable bonds is 5. The Kier molecular flexibility index (Phi) is 6.12. The molecule has 1 aromatic heterocycles. The molecule has 6 heteroatoms. The number of anilines is 3. The van der Waals surface area contributed by atoms with Crippen LogP contribution in [-0.2, 0) is 0 Å². The Balaban J connectivity index is 2.26. The minimum Gasteiger partial charge on any atom is -0.369 e. The standard InChI is InChI=1S/C17H20FN4Si/c1-4-9-19-16-13(8-10-23(2)3)12-20-17(22-16)21-15-7-5-6-14(18)11-15/h5-7,11-12H,4,9H2,1-3H3,(H2,19,20,21,22). The topological polar surface area (TPSA) is 49.8 Å². The van der Waals surface area contributed by atoms with Gasteiger partial charge in [-0.25, -0.2) is 9.37 Å². The second-order valence-corrected chi connectivity index (χ2v) is 7.52. The summed E-state index contributed by atoms with van der Waals surface area (Å²) in [5, 5.41) is 6.28. The van der Waals surface area contributed by atoms with Crippen LogP contribution in [0.15, 0.2) is 30.5 Å². The summed E-state index contributed by atoms with van der Waals surface area (Å²) >= 11 is 0. The van der Waals surface area contributed by atoms with Gasteiger partial charge in [0.1, 0.15) is 20.4 Å². The molecule has 0 bridgehead atoms. The van der Waals surface area contributed by atoms with E-state index < -0.39 is 8.80 Å². The Morgan fingerprint density at radius 2 is 2.13 bits per heavy atom. The lowest BCUT2D eigenvalue weighted by atomic mass is 10.3. The van der Waals surface area contributed by atoms with Crippen molar-refractivity contribution in [3.05, 3.63) is 41.8 Å².